The number of nitrogens with zero attached hydrogens (tertiary/aromatic N) is 3. The minimum atomic E-state index is -0.966. The van der Waals surface area contributed by atoms with Crippen LogP contribution in [0, 0.1) is 0 Å². The maximum Gasteiger partial charge on any atom is 0.191 e. The maximum absolute atomic E-state index is 10.2. The van der Waals surface area contributed by atoms with Gasteiger partial charge in [-0.3, -0.25) is 0 Å². The van der Waals surface area contributed by atoms with E-state index in [1.54, 1.807) is 17.8 Å². The van der Waals surface area contributed by atoms with E-state index in [-0.39, 0.29) is 6.61 Å². The van der Waals surface area contributed by atoms with Gasteiger partial charge in [0.05, 0.1) is 12.2 Å². The molecule has 2 rings (SSSR count). The number of aliphatic hydroxyl groups is 2. The summed E-state index contributed by atoms with van der Waals surface area (Å²) in [6.45, 7) is 3.43. The quantitative estimate of drug-likeness (QED) is 0.416. The fraction of sp³-hybridized carbons (Fsp3) is 0.733. The van der Waals surface area contributed by atoms with Gasteiger partial charge in [-0.15, -0.1) is 0 Å². The van der Waals surface area contributed by atoms with E-state index in [1.807, 2.05) is 0 Å². The van der Waals surface area contributed by atoms with Gasteiger partial charge in [0.25, 0.3) is 0 Å². The lowest BCUT2D eigenvalue weighted by Crippen LogP contribution is -2.34. The monoisotopic (exact) mass is 326 g/mol. The summed E-state index contributed by atoms with van der Waals surface area (Å²) in [6.07, 6.45) is 4.24. The molecule has 1 fully saturated rings. The number of rotatable bonds is 6. The zero-order valence-electron chi connectivity index (χ0n) is 13.2. The Morgan fingerprint density at radius 1 is 1.36 bits per heavy atom. The highest BCUT2D eigenvalue weighted by Crippen LogP contribution is 2.26. The lowest BCUT2D eigenvalue weighted by Gasteiger charge is -2.25. The summed E-state index contributed by atoms with van der Waals surface area (Å²) >= 11 is 1.63. The topological polar surface area (TPSA) is 95.5 Å². The van der Waals surface area contributed by atoms with Crippen LogP contribution in [0.15, 0.2) is 11.2 Å². The third-order valence-electron chi connectivity index (χ3n) is 3.98. The Labute approximate surface area is 136 Å². The highest BCUT2D eigenvalue weighted by Gasteiger charge is 2.29. The molecule has 0 amide bonds. The van der Waals surface area contributed by atoms with Gasteiger partial charge in [0.2, 0.25) is 0 Å². The average Bonchev–Trinajstić information content (AvgIpc) is 2.70. The highest BCUT2D eigenvalue weighted by molar-refractivity contribution is 7.99. The summed E-state index contributed by atoms with van der Waals surface area (Å²) < 4.78 is 0. The Balaban J connectivity index is 2.07. The van der Waals surface area contributed by atoms with E-state index in [2.05, 4.69) is 21.8 Å². The summed E-state index contributed by atoms with van der Waals surface area (Å²) in [5, 5.41) is 20.3. The van der Waals surface area contributed by atoms with Crippen molar-refractivity contribution in [3.8, 4) is 0 Å². The number of anilines is 2. The molecule has 6 nitrogen and oxygen atoms in total. The van der Waals surface area contributed by atoms with E-state index in [9.17, 15) is 10.2 Å². The fourth-order valence-electron chi connectivity index (χ4n) is 2.53. The van der Waals surface area contributed by atoms with Crippen LogP contribution in [0.2, 0.25) is 0 Å². The summed E-state index contributed by atoms with van der Waals surface area (Å²) in [5.41, 5.74) is 4.94. The van der Waals surface area contributed by atoms with Crippen LogP contribution in [0.25, 0.3) is 0 Å². The first-order chi connectivity index (χ1) is 10.6. The van der Waals surface area contributed by atoms with Crippen molar-refractivity contribution in [2.75, 3.05) is 36.1 Å². The SMILES string of the molecule is CCCCSc1nc(N)cc(N2CCC[C@](O)(CO)CC2)n1. The Bertz CT molecular complexity index is 489. The Morgan fingerprint density at radius 3 is 2.91 bits per heavy atom. The fourth-order valence-corrected chi connectivity index (χ4v) is 3.47. The van der Waals surface area contributed by atoms with Crippen molar-refractivity contribution in [2.24, 2.45) is 0 Å². The first kappa shape index (κ1) is 17.3. The van der Waals surface area contributed by atoms with Crippen molar-refractivity contribution >= 4 is 23.4 Å². The van der Waals surface area contributed by atoms with Gasteiger partial charge in [-0.1, -0.05) is 25.1 Å². The van der Waals surface area contributed by atoms with Crippen LogP contribution in [0.5, 0.6) is 0 Å². The zero-order valence-corrected chi connectivity index (χ0v) is 14.0. The predicted molar refractivity (Wildman–Crippen MR) is 90.2 cm³/mol. The van der Waals surface area contributed by atoms with E-state index < -0.39 is 5.60 Å². The van der Waals surface area contributed by atoms with Crippen LogP contribution in [-0.2, 0) is 0 Å². The van der Waals surface area contributed by atoms with E-state index >= 15 is 0 Å². The Morgan fingerprint density at radius 2 is 2.18 bits per heavy atom. The molecule has 1 aromatic heterocycles. The normalized spacial score (nSPS) is 22.6. The molecule has 0 radical (unpaired) electrons. The van der Waals surface area contributed by atoms with Crippen LogP contribution in [-0.4, -0.2) is 51.2 Å². The molecule has 1 aliphatic rings. The molecule has 1 saturated heterocycles. The second-order valence-electron chi connectivity index (χ2n) is 5.86. The molecule has 1 atom stereocenters. The number of hydrogen-bond donors (Lipinski definition) is 3. The molecule has 0 aliphatic carbocycles. The van der Waals surface area contributed by atoms with Crippen molar-refractivity contribution in [1.82, 2.24) is 9.97 Å². The number of aliphatic hydroxyl groups excluding tert-OH is 1. The number of aromatic nitrogens is 2. The maximum atomic E-state index is 10.2. The van der Waals surface area contributed by atoms with Gasteiger partial charge in [0, 0.05) is 24.9 Å². The van der Waals surface area contributed by atoms with Crippen LogP contribution in [0.4, 0.5) is 11.6 Å². The molecule has 0 unspecified atom stereocenters. The van der Waals surface area contributed by atoms with Gasteiger partial charge in [0.1, 0.15) is 11.6 Å². The van der Waals surface area contributed by atoms with Crippen molar-refractivity contribution in [1.29, 1.82) is 0 Å². The van der Waals surface area contributed by atoms with Gasteiger partial charge in [-0.25, -0.2) is 9.97 Å². The van der Waals surface area contributed by atoms with Crippen LogP contribution in [0.3, 0.4) is 0 Å². The van der Waals surface area contributed by atoms with Crippen molar-refractivity contribution < 1.29 is 10.2 Å². The van der Waals surface area contributed by atoms with Crippen LogP contribution in [0.1, 0.15) is 39.0 Å². The van der Waals surface area contributed by atoms with Crippen molar-refractivity contribution in [2.45, 2.75) is 49.8 Å². The highest BCUT2D eigenvalue weighted by atomic mass is 32.2. The third kappa shape index (κ3) is 4.72. The molecule has 124 valence electrons. The van der Waals surface area contributed by atoms with E-state index in [0.717, 1.165) is 37.4 Å². The largest absolute Gasteiger partial charge is 0.393 e. The molecule has 0 aromatic carbocycles. The summed E-state index contributed by atoms with van der Waals surface area (Å²) in [6, 6.07) is 1.78. The summed E-state index contributed by atoms with van der Waals surface area (Å²) in [5.74, 6) is 2.28. The zero-order chi connectivity index (χ0) is 16.0. The molecule has 0 bridgehead atoms. The van der Waals surface area contributed by atoms with Gasteiger partial charge < -0.3 is 20.8 Å². The first-order valence-corrected chi connectivity index (χ1v) is 8.90. The lowest BCUT2D eigenvalue weighted by atomic mass is 9.96. The van der Waals surface area contributed by atoms with Crippen LogP contribution < -0.4 is 10.6 Å². The average molecular weight is 326 g/mol. The molecule has 2 heterocycles. The van der Waals surface area contributed by atoms with E-state index in [0.29, 0.717) is 30.4 Å². The smallest absolute Gasteiger partial charge is 0.191 e. The number of nitrogen functional groups attached to an aromatic ring is 1. The molecule has 0 spiro atoms. The first-order valence-electron chi connectivity index (χ1n) is 7.92. The number of unbranched alkanes of at least 4 members (excludes halogenated alkanes) is 1. The van der Waals surface area contributed by atoms with E-state index in [4.69, 9.17) is 5.73 Å². The number of thioether (sulfide) groups is 1. The van der Waals surface area contributed by atoms with Gasteiger partial charge in [-0.05, 0) is 25.7 Å². The Hall–Kier alpha value is -1.05. The minimum Gasteiger partial charge on any atom is -0.393 e. The number of nitrogens with two attached hydrogens (primary N) is 1. The third-order valence-corrected chi connectivity index (χ3v) is 4.91. The molecule has 4 N–H and O–H groups in total. The second-order valence-corrected chi connectivity index (χ2v) is 6.92. The van der Waals surface area contributed by atoms with Gasteiger partial charge in [-0.2, -0.15) is 0 Å². The molecule has 22 heavy (non-hydrogen) atoms. The molecule has 1 aromatic rings. The van der Waals surface area contributed by atoms with E-state index in [1.165, 1.54) is 0 Å². The number of hydrogen-bond acceptors (Lipinski definition) is 7. The molecular formula is C15H26N4O2S. The van der Waals surface area contributed by atoms with Gasteiger partial charge in [0.15, 0.2) is 5.16 Å². The Kier molecular flexibility index (Phi) is 6.28. The summed E-state index contributed by atoms with van der Waals surface area (Å²) in [4.78, 5) is 11.0. The molecule has 7 heteroatoms. The molecule has 0 saturated carbocycles. The summed E-state index contributed by atoms with van der Waals surface area (Å²) in [7, 11) is 0. The lowest BCUT2D eigenvalue weighted by molar-refractivity contribution is -0.0232. The second kappa shape index (κ2) is 7.99. The standard InChI is InChI=1S/C15H26N4O2S/c1-2-3-9-22-14-17-12(16)10-13(18-14)19-7-4-5-15(21,11-20)6-8-19/h10,20-21H,2-9,11H2,1H3,(H2,16,17,18)/t15-/m1/s1. The van der Waals surface area contributed by atoms with Crippen molar-refractivity contribution in [3.05, 3.63) is 6.07 Å². The van der Waals surface area contributed by atoms with Crippen LogP contribution >= 0.6 is 11.8 Å². The van der Waals surface area contributed by atoms with Crippen molar-refractivity contribution in [3.63, 3.8) is 0 Å². The molecular weight excluding hydrogens is 300 g/mol. The minimum absolute atomic E-state index is 0.190. The predicted octanol–water partition coefficient (Wildman–Crippen LogP) is 1.66. The van der Waals surface area contributed by atoms with Gasteiger partial charge >= 0.3 is 0 Å². The molecule has 1 aliphatic heterocycles.